The number of halogens is 2. The second-order valence-corrected chi connectivity index (χ2v) is 7.44. The lowest BCUT2D eigenvalue weighted by Crippen LogP contribution is -2.00. The number of para-hydroxylation sites is 1. The van der Waals surface area contributed by atoms with Crippen molar-refractivity contribution in [1.29, 1.82) is 0 Å². The summed E-state index contributed by atoms with van der Waals surface area (Å²) in [6.45, 7) is 2.78. The summed E-state index contributed by atoms with van der Waals surface area (Å²) in [5.41, 5.74) is 2.52. The maximum atomic E-state index is 6.14. The minimum Gasteiger partial charge on any atom is -0.494 e. The van der Waals surface area contributed by atoms with Gasteiger partial charge in [-0.15, -0.1) is 0 Å². The topological polar surface area (TPSA) is 47.0 Å². The Labute approximate surface area is 179 Å². The molecule has 0 aliphatic rings. The minimum atomic E-state index is 0.557. The third kappa shape index (κ3) is 4.61. The smallest absolute Gasteiger partial charge is 0.162 e. The number of hydrogen-bond donors (Lipinski definition) is 1. The fraction of sp³-hybridized carbons (Fsp3) is 0.130. The molecule has 4 nitrogen and oxygen atoms in total. The maximum absolute atomic E-state index is 6.14. The third-order valence-corrected chi connectivity index (χ3v) is 4.75. The molecule has 6 heteroatoms. The van der Waals surface area contributed by atoms with E-state index < -0.39 is 0 Å². The van der Waals surface area contributed by atoms with Gasteiger partial charge in [-0.1, -0.05) is 42.3 Å². The second-order valence-electron chi connectivity index (χ2n) is 6.57. The minimum absolute atomic E-state index is 0.557. The zero-order valence-corrected chi connectivity index (χ0v) is 17.3. The van der Waals surface area contributed by atoms with Gasteiger partial charge in [-0.05, 0) is 61.0 Å². The Kier molecular flexibility index (Phi) is 5.84. The Morgan fingerprint density at radius 2 is 1.62 bits per heavy atom. The Balaban J connectivity index is 1.74. The van der Waals surface area contributed by atoms with Gasteiger partial charge in [0.2, 0.25) is 0 Å². The molecule has 0 atom stereocenters. The number of rotatable bonds is 6. The summed E-state index contributed by atoms with van der Waals surface area (Å²) in [5.74, 6) is 2.15. The van der Waals surface area contributed by atoms with E-state index in [0.717, 1.165) is 34.3 Å². The van der Waals surface area contributed by atoms with Crippen molar-refractivity contribution >= 4 is 45.6 Å². The van der Waals surface area contributed by atoms with Crippen LogP contribution in [0.3, 0.4) is 0 Å². The summed E-state index contributed by atoms with van der Waals surface area (Å²) >= 11 is 12.3. The van der Waals surface area contributed by atoms with E-state index in [-0.39, 0.29) is 0 Å². The fourth-order valence-corrected chi connectivity index (χ4v) is 3.51. The molecule has 0 radical (unpaired) electrons. The first-order chi connectivity index (χ1) is 14.1. The molecule has 1 aromatic heterocycles. The largest absolute Gasteiger partial charge is 0.494 e. The van der Waals surface area contributed by atoms with Crippen molar-refractivity contribution in [3.8, 4) is 17.1 Å². The quantitative estimate of drug-likeness (QED) is 0.358. The molecular formula is C23H19Cl2N3O. The average Bonchev–Trinajstić information content (AvgIpc) is 2.72. The lowest BCUT2D eigenvalue weighted by Gasteiger charge is -2.12. The molecule has 4 rings (SSSR count). The van der Waals surface area contributed by atoms with Crippen LogP contribution >= 0.6 is 23.2 Å². The number of nitrogens with one attached hydrogen (secondary N) is 1. The summed E-state index contributed by atoms with van der Waals surface area (Å²) in [7, 11) is 0. The van der Waals surface area contributed by atoms with Crippen molar-refractivity contribution in [1.82, 2.24) is 9.97 Å². The first kappa shape index (κ1) is 19.5. The molecule has 0 unspecified atom stereocenters. The molecule has 1 heterocycles. The van der Waals surface area contributed by atoms with E-state index in [1.807, 2.05) is 60.7 Å². The summed E-state index contributed by atoms with van der Waals surface area (Å²) in [6.07, 6.45) is 0.970. The van der Waals surface area contributed by atoms with Gasteiger partial charge in [-0.25, -0.2) is 9.97 Å². The van der Waals surface area contributed by atoms with E-state index in [0.29, 0.717) is 28.3 Å². The number of hydrogen-bond acceptors (Lipinski definition) is 4. The standard InChI is InChI=1S/C23H19Cl2N3O/c1-2-11-29-19-9-7-15(8-10-19)22-27-21-6-4-3-5-20(21)23(28-22)26-18-13-16(24)12-17(25)14-18/h3-10,12-14H,2,11H2,1H3,(H,26,27,28). The van der Waals surface area contributed by atoms with Crippen molar-refractivity contribution in [2.75, 3.05) is 11.9 Å². The van der Waals surface area contributed by atoms with Crippen LogP contribution in [0, 0.1) is 0 Å². The van der Waals surface area contributed by atoms with Crippen molar-refractivity contribution < 1.29 is 4.74 Å². The van der Waals surface area contributed by atoms with E-state index in [2.05, 4.69) is 12.2 Å². The normalized spacial score (nSPS) is 10.9. The number of ether oxygens (including phenoxy) is 1. The monoisotopic (exact) mass is 423 g/mol. The van der Waals surface area contributed by atoms with Crippen LogP contribution < -0.4 is 10.1 Å². The Hall–Kier alpha value is -2.82. The van der Waals surface area contributed by atoms with Crippen LogP contribution in [0.2, 0.25) is 10.0 Å². The molecule has 0 amide bonds. The lowest BCUT2D eigenvalue weighted by atomic mass is 10.1. The molecule has 0 aliphatic carbocycles. The summed E-state index contributed by atoms with van der Waals surface area (Å²) in [6, 6.07) is 21.0. The molecule has 0 aliphatic heterocycles. The van der Waals surface area contributed by atoms with Crippen LogP contribution in [0.5, 0.6) is 5.75 Å². The van der Waals surface area contributed by atoms with Gasteiger partial charge in [-0.3, -0.25) is 0 Å². The first-order valence-electron chi connectivity index (χ1n) is 9.35. The second kappa shape index (κ2) is 8.68. The molecular weight excluding hydrogens is 405 g/mol. The highest BCUT2D eigenvalue weighted by atomic mass is 35.5. The van der Waals surface area contributed by atoms with Gasteiger partial charge >= 0.3 is 0 Å². The van der Waals surface area contributed by atoms with Crippen molar-refractivity contribution in [2.45, 2.75) is 13.3 Å². The molecule has 0 saturated heterocycles. The fourth-order valence-electron chi connectivity index (χ4n) is 2.98. The Bertz CT molecular complexity index is 1130. The molecule has 3 aromatic carbocycles. The summed E-state index contributed by atoms with van der Waals surface area (Å²) in [4.78, 5) is 9.50. The molecule has 4 aromatic rings. The first-order valence-corrected chi connectivity index (χ1v) is 10.1. The highest BCUT2D eigenvalue weighted by Crippen LogP contribution is 2.30. The molecule has 0 fully saturated rings. The number of fused-ring (bicyclic) bond motifs is 1. The van der Waals surface area contributed by atoms with Crippen LogP contribution in [0.1, 0.15) is 13.3 Å². The van der Waals surface area contributed by atoms with Gasteiger partial charge in [0.25, 0.3) is 0 Å². The van der Waals surface area contributed by atoms with Gasteiger partial charge in [0.15, 0.2) is 5.82 Å². The van der Waals surface area contributed by atoms with Gasteiger partial charge in [0.1, 0.15) is 11.6 Å². The zero-order chi connectivity index (χ0) is 20.2. The number of nitrogens with zero attached hydrogens (tertiary/aromatic N) is 2. The molecule has 0 spiro atoms. The van der Waals surface area contributed by atoms with E-state index in [1.54, 1.807) is 6.07 Å². The van der Waals surface area contributed by atoms with Gasteiger partial charge in [-0.2, -0.15) is 0 Å². The third-order valence-electron chi connectivity index (χ3n) is 4.31. The SMILES string of the molecule is CCCOc1ccc(-c2nc(Nc3cc(Cl)cc(Cl)c3)c3ccccc3n2)cc1. The average molecular weight is 424 g/mol. The Morgan fingerprint density at radius 1 is 0.897 bits per heavy atom. The molecule has 0 saturated carbocycles. The highest BCUT2D eigenvalue weighted by Gasteiger charge is 2.11. The molecule has 0 bridgehead atoms. The van der Waals surface area contributed by atoms with E-state index in [9.17, 15) is 0 Å². The van der Waals surface area contributed by atoms with Gasteiger partial charge < -0.3 is 10.1 Å². The van der Waals surface area contributed by atoms with Crippen LogP contribution in [0.25, 0.3) is 22.3 Å². The van der Waals surface area contributed by atoms with E-state index in [1.165, 1.54) is 0 Å². The van der Waals surface area contributed by atoms with Crippen molar-refractivity contribution in [3.63, 3.8) is 0 Å². The van der Waals surface area contributed by atoms with Crippen LogP contribution in [-0.2, 0) is 0 Å². The Morgan fingerprint density at radius 3 is 2.34 bits per heavy atom. The predicted molar refractivity (Wildman–Crippen MR) is 121 cm³/mol. The predicted octanol–water partition coefficient (Wildman–Crippen LogP) is 7.14. The van der Waals surface area contributed by atoms with Gasteiger partial charge in [0.05, 0.1) is 12.1 Å². The number of anilines is 2. The van der Waals surface area contributed by atoms with E-state index in [4.69, 9.17) is 37.9 Å². The zero-order valence-electron chi connectivity index (χ0n) is 15.8. The van der Waals surface area contributed by atoms with Gasteiger partial charge in [0, 0.05) is 26.7 Å². The number of aromatic nitrogens is 2. The number of benzene rings is 3. The molecule has 146 valence electrons. The highest BCUT2D eigenvalue weighted by molar-refractivity contribution is 6.35. The molecule has 1 N–H and O–H groups in total. The summed E-state index contributed by atoms with van der Waals surface area (Å²) < 4.78 is 5.66. The molecule has 29 heavy (non-hydrogen) atoms. The lowest BCUT2D eigenvalue weighted by molar-refractivity contribution is 0.317. The summed E-state index contributed by atoms with van der Waals surface area (Å²) in [5, 5.41) is 5.36. The van der Waals surface area contributed by atoms with E-state index >= 15 is 0 Å². The van der Waals surface area contributed by atoms with Crippen LogP contribution in [-0.4, -0.2) is 16.6 Å². The van der Waals surface area contributed by atoms with Crippen molar-refractivity contribution in [3.05, 3.63) is 76.8 Å². The van der Waals surface area contributed by atoms with Crippen molar-refractivity contribution in [2.24, 2.45) is 0 Å². The maximum Gasteiger partial charge on any atom is 0.162 e. The van der Waals surface area contributed by atoms with Crippen LogP contribution in [0.4, 0.5) is 11.5 Å². The van der Waals surface area contributed by atoms with Crippen LogP contribution in [0.15, 0.2) is 66.7 Å².